The highest BCUT2D eigenvalue weighted by Crippen LogP contribution is 2.21. The van der Waals surface area contributed by atoms with Crippen LogP contribution in [0, 0.1) is 13.8 Å². The van der Waals surface area contributed by atoms with Crippen molar-refractivity contribution in [3.8, 4) is 11.3 Å². The third kappa shape index (κ3) is 3.65. The van der Waals surface area contributed by atoms with E-state index in [-0.39, 0.29) is 5.91 Å². The number of carbonyl (C=O) groups is 1. The van der Waals surface area contributed by atoms with E-state index in [2.05, 4.69) is 15.3 Å². The molecule has 0 aliphatic rings. The minimum Gasteiger partial charge on any atom is -0.340 e. The van der Waals surface area contributed by atoms with Crippen molar-refractivity contribution < 1.29 is 4.79 Å². The van der Waals surface area contributed by atoms with Crippen LogP contribution in [0.25, 0.3) is 11.3 Å². The van der Waals surface area contributed by atoms with Crippen LogP contribution in [-0.4, -0.2) is 20.4 Å². The summed E-state index contributed by atoms with van der Waals surface area (Å²) in [7, 11) is 1.94. The first-order valence-corrected chi connectivity index (χ1v) is 8.14. The number of benzene rings is 1. The molecule has 5 nitrogen and oxygen atoms in total. The van der Waals surface area contributed by atoms with Gasteiger partial charge in [-0.25, -0.2) is 9.97 Å². The Balaban J connectivity index is 1.66. The maximum atomic E-state index is 12.2. The molecule has 0 aliphatic heterocycles. The third-order valence-electron chi connectivity index (χ3n) is 3.49. The van der Waals surface area contributed by atoms with Crippen molar-refractivity contribution in [3.05, 3.63) is 52.4 Å². The molecule has 2 heterocycles. The van der Waals surface area contributed by atoms with Crippen molar-refractivity contribution in [1.29, 1.82) is 0 Å². The molecular formula is C17H18N4OS. The molecule has 118 valence electrons. The molecule has 0 unspecified atom stereocenters. The zero-order valence-corrected chi connectivity index (χ0v) is 14.1. The molecule has 23 heavy (non-hydrogen) atoms. The lowest BCUT2D eigenvalue weighted by Crippen LogP contribution is -2.14. The first kappa shape index (κ1) is 15.4. The van der Waals surface area contributed by atoms with Gasteiger partial charge in [0.1, 0.15) is 0 Å². The number of imidazole rings is 1. The topological polar surface area (TPSA) is 59.8 Å². The fourth-order valence-corrected chi connectivity index (χ4v) is 3.31. The Bertz CT molecular complexity index is 833. The fraction of sp³-hybridized carbons (Fsp3) is 0.235. The normalized spacial score (nSPS) is 10.7. The Morgan fingerprint density at radius 3 is 2.57 bits per heavy atom. The Morgan fingerprint density at radius 1 is 1.26 bits per heavy atom. The number of anilines is 1. The summed E-state index contributed by atoms with van der Waals surface area (Å²) in [5.74, 6) is -0.0256. The molecule has 6 heteroatoms. The van der Waals surface area contributed by atoms with Gasteiger partial charge in [0.15, 0.2) is 0 Å². The van der Waals surface area contributed by atoms with Gasteiger partial charge in [0, 0.05) is 29.4 Å². The SMILES string of the molecule is Cc1nc(C)c(CC(=O)Nc2ccc(-c3cn(C)cn3)cc2)s1. The predicted molar refractivity (Wildman–Crippen MR) is 92.6 cm³/mol. The largest absolute Gasteiger partial charge is 0.340 e. The number of carbonyl (C=O) groups excluding carboxylic acids is 1. The van der Waals surface area contributed by atoms with Crippen LogP contribution < -0.4 is 5.32 Å². The van der Waals surface area contributed by atoms with Gasteiger partial charge in [-0.2, -0.15) is 0 Å². The van der Waals surface area contributed by atoms with Crippen LogP contribution >= 0.6 is 11.3 Å². The highest BCUT2D eigenvalue weighted by molar-refractivity contribution is 7.11. The van der Waals surface area contributed by atoms with Crippen molar-refractivity contribution in [2.75, 3.05) is 5.32 Å². The van der Waals surface area contributed by atoms with Crippen molar-refractivity contribution in [1.82, 2.24) is 14.5 Å². The lowest BCUT2D eigenvalue weighted by molar-refractivity contribution is -0.115. The molecule has 3 rings (SSSR count). The number of amides is 1. The number of aryl methyl sites for hydroxylation is 3. The number of hydrogen-bond donors (Lipinski definition) is 1. The molecule has 1 N–H and O–H groups in total. The first-order valence-electron chi connectivity index (χ1n) is 7.32. The standard InChI is InChI=1S/C17H18N4OS/c1-11-16(23-12(2)19-11)8-17(22)20-14-6-4-13(5-7-14)15-9-21(3)10-18-15/h4-7,9-10H,8H2,1-3H3,(H,20,22). The summed E-state index contributed by atoms with van der Waals surface area (Å²) in [6.07, 6.45) is 4.09. The van der Waals surface area contributed by atoms with Gasteiger partial charge in [-0.3, -0.25) is 4.79 Å². The Hall–Kier alpha value is -2.47. The van der Waals surface area contributed by atoms with Crippen molar-refractivity contribution in [2.45, 2.75) is 20.3 Å². The number of aromatic nitrogens is 3. The number of nitrogens with one attached hydrogen (secondary N) is 1. The van der Waals surface area contributed by atoms with Crippen molar-refractivity contribution >= 4 is 22.9 Å². The van der Waals surface area contributed by atoms with E-state index < -0.39 is 0 Å². The summed E-state index contributed by atoms with van der Waals surface area (Å²) >= 11 is 1.57. The van der Waals surface area contributed by atoms with Crippen molar-refractivity contribution in [2.24, 2.45) is 7.05 Å². The highest BCUT2D eigenvalue weighted by atomic mass is 32.1. The summed E-state index contributed by atoms with van der Waals surface area (Å²) in [5.41, 5.74) is 3.67. The van der Waals surface area contributed by atoms with Gasteiger partial charge < -0.3 is 9.88 Å². The molecule has 0 fully saturated rings. The van der Waals surface area contributed by atoms with Crippen LogP contribution in [0.4, 0.5) is 5.69 Å². The van der Waals surface area contributed by atoms with E-state index in [4.69, 9.17) is 0 Å². The van der Waals surface area contributed by atoms with E-state index in [9.17, 15) is 4.79 Å². The summed E-state index contributed by atoms with van der Waals surface area (Å²) in [5, 5.41) is 3.92. The Morgan fingerprint density at radius 2 is 2.00 bits per heavy atom. The molecule has 1 aromatic carbocycles. The molecular weight excluding hydrogens is 308 g/mol. The van der Waals surface area contributed by atoms with Crippen molar-refractivity contribution in [3.63, 3.8) is 0 Å². The maximum absolute atomic E-state index is 12.2. The van der Waals surface area contributed by atoms with Crippen LogP contribution in [0.1, 0.15) is 15.6 Å². The molecule has 0 saturated heterocycles. The van der Waals surface area contributed by atoms with Crippen LogP contribution in [0.2, 0.25) is 0 Å². The monoisotopic (exact) mass is 326 g/mol. The molecule has 0 spiro atoms. The molecule has 0 saturated carbocycles. The quantitative estimate of drug-likeness (QED) is 0.800. The summed E-state index contributed by atoms with van der Waals surface area (Å²) < 4.78 is 1.91. The summed E-state index contributed by atoms with van der Waals surface area (Å²) in [6, 6.07) is 7.71. The van der Waals surface area contributed by atoms with Crippen LogP contribution in [0.15, 0.2) is 36.8 Å². The second kappa shape index (κ2) is 6.34. The fourth-order valence-electron chi connectivity index (χ4n) is 2.37. The second-order valence-electron chi connectivity index (χ2n) is 5.47. The van der Waals surface area contributed by atoms with E-state index >= 15 is 0 Å². The minimum absolute atomic E-state index is 0.0256. The van der Waals surface area contributed by atoms with E-state index in [1.54, 1.807) is 17.7 Å². The Labute approximate surface area is 139 Å². The van der Waals surface area contributed by atoms with Gasteiger partial charge in [-0.1, -0.05) is 12.1 Å². The molecule has 0 radical (unpaired) electrons. The van der Waals surface area contributed by atoms with Gasteiger partial charge in [0.2, 0.25) is 5.91 Å². The molecule has 2 aromatic heterocycles. The van der Waals surface area contributed by atoms with Gasteiger partial charge in [-0.15, -0.1) is 11.3 Å². The lowest BCUT2D eigenvalue weighted by Gasteiger charge is -2.05. The first-order chi connectivity index (χ1) is 11.0. The van der Waals surface area contributed by atoms with Gasteiger partial charge in [0.05, 0.1) is 29.1 Å². The summed E-state index contributed by atoms with van der Waals surface area (Å²) in [6.45, 7) is 3.89. The third-order valence-corrected chi connectivity index (χ3v) is 4.56. The van der Waals surface area contributed by atoms with E-state index in [0.29, 0.717) is 6.42 Å². The number of nitrogens with zero attached hydrogens (tertiary/aromatic N) is 3. The summed E-state index contributed by atoms with van der Waals surface area (Å²) in [4.78, 5) is 21.8. The Kier molecular flexibility index (Phi) is 4.25. The number of hydrogen-bond acceptors (Lipinski definition) is 4. The van der Waals surface area contributed by atoms with Gasteiger partial charge >= 0.3 is 0 Å². The predicted octanol–water partition coefficient (Wildman–Crippen LogP) is 3.34. The zero-order chi connectivity index (χ0) is 16.4. The minimum atomic E-state index is -0.0256. The second-order valence-corrected chi connectivity index (χ2v) is 6.76. The molecule has 0 aliphatic carbocycles. The van der Waals surface area contributed by atoms with E-state index in [1.165, 1.54) is 0 Å². The number of rotatable bonds is 4. The maximum Gasteiger partial charge on any atom is 0.229 e. The number of thiazole rings is 1. The van der Waals surface area contributed by atoms with Gasteiger partial charge in [-0.05, 0) is 26.0 Å². The van der Waals surface area contributed by atoms with Gasteiger partial charge in [0.25, 0.3) is 0 Å². The van der Waals surface area contributed by atoms with Crippen LogP contribution in [0.5, 0.6) is 0 Å². The van der Waals surface area contributed by atoms with E-state index in [1.807, 2.05) is 55.9 Å². The smallest absolute Gasteiger partial charge is 0.229 e. The molecule has 0 atom stereocenters. The molecule has 0 bridgehead atoms. The molecule has 1 amide bonds. The average Bonchev–Trinajstić information content (AvgIpc) is 3.06. The average molecular weight is 326 g/mol. The van der Waals surface area contributed by atoms with Crippen LogP contribution in [0.3, 0.4) is 0 Å². The highest BCUT2D eigenvalue weighted by Gasteiger charge is 2.10. The van der Waals surface area contributed by atoms with E-state index in [0.717, 1.165) is 32.5 Å². The zero-order valence-electron chi connectivity index (χ0n) is 13.3. The molecule has 3 aromatic rings. The lowest BCUT2D eigenvalue weighted by atomic mass is 10.1. The van der Waals surface area contributed by atoms with Crippen LogP contribution in [-0.2, 0) is 18.3 Å².